The minimum atomic E-state index is -0.809. The van der Waals surface area contributed by atoms with Gasteiger partial charge in [0.25, 0.3) is 0 Å². The molecule has 0 radical (unpaired) electrons. The Morgan fingerprint density at radius 2 is 2.31 bits per heavy atom. The number of carboxylic acid groups (broad SMARTS) is 1. The Morgan fingerprint density at radius 1 is 1.56 bits per heavy atom. The fourth-order valence-electron chi connectivity index (χ4n) is 1.60. The molecule has 0 fully saturated rings. The molecule has 0 unspecified atom stereocenters. The second-order valence-corrected chi connectivity index (χ2v) is 3.60. The van der Waals surface area contributed by atoms with Crippen LogP contribution in [0.3, 0.4) is 0 Å². The normalized spacial score (nSPS) is 10.9. The highest BCUT2D eigenvalue weighted by atomic mass is 16.4. The summed E-state index contributed by atoms with van der Waals surface area (Å²) < 4.78 is 1.78. The van der Waals surface area contributed by atoms with Crippen molar-refractivity contribution in [2.24, 2.45) is 0 Å². The van der Waals surface area contributed by atoms with Gasteiger partial charge >= 0.3 is 5.97 Å². The van der Waals surface area contributed by atoms with Gasteiger partial charge in [-0.15, -0.1) is 0 Å². The third-order valence-electron chi connectivity index (χ3n) is 2.26. The lowest BCUT2D eigenvalue weighted by Gasteiger charge is -2.18. The van der Waals surface area contributed by atoms with Gasteiger partial charge in [-0.05, 0) is 19.9 Å². The molecule has 0 saturated heterocycles. The third-order valence-corrected chi connectivity index (χ3v) is 2.26. The van der Waals surface area contributed by atoms with Gasteiger partial charge in [0.15, 0.2) is 0 Å². The van der Waals surface area contributed by atoms with Gasteiger partial charge < -0.3 is 5.11 Å². The maximum Gasteiger partial charge on any atom is 0.317 e. The van der Waals surface area contributed by atoms with Crippen LogP contribution in [0.5, 0.6) is 0 Å². The Balaban J connectivity index is 2.63. The van der Waals surface area contributed by atoms with Gasteiger partial charge in [0.05, 0.1) is 13.1 Å². The van der Waals surface area contributed by atoms with E-state index in [4.69, 9.17) is 5.11 Å². The Kier molecular flexibility index (Phi) is 4.91. The van der Waals surface area contributed by atoms with Crippen molar-refractivity contribution in [2.45, 2.75) is 33.4 Å². The third kappa shape index (κ3) is 3.62. The molecular formula is C10H18N4O2. The van der Waals surface area contributed by atoms with Crippen LogP contribution in [0.2, 0.25) is 0 Å². The molecule has 0 bridgehead atoms. The number of hydrogen-bond acceptors (Lipinski definition) is 4. The number of nitrogens with zero attached hydrogens (tertiary/aromatic N) is 4. The van der Waals surface area contributed by atoms with Crippen LogP contribution < -0.4 is 0 Å². The zero-order chi connectivity index (χ0) is 12.0. The lowest BCUT2D eigenvalue weighted by Crippen LogP contribution is -2.31. The van der Waals surface area contributed by atoms with Crippen LogP contribution in [0.25, 0.3) is 0 Å². The second-order valence-electron chi connectivity index (χ2n) is 3.60. The molecular weight excluding hydrogens is 208 g/mol. The minimum absolute atomic E-state index is 0.0460. The van der Waals surface area contributed by atoms with E-state index in [9.17, 15) is 4.79 Å². The quantitative estimate of drug-likeness (QED) is 0.737. The Labute approximate surface area is 94.9 Å². The van der Waals surface area contributed by atoms with Crippen molar-refractivity contribution in [1.82, 2.24) is 19.7 Å². The van der Waals surface area contributed by atoms with Crippen molar-refractivity contribution in [2.75, 3.05) is 13.1 Å². The monoisotopic (exact) mass is 226 g/mol. The van der Waals surface area contributed by atoms with Crippen LogP contribution in [0.15, 0.2) is 6.33 Å². The van der Waals surface area contributed by atoms with E-state index >= 15 is 0 Å². The van der Waals surface area contributed by atoms with E-state index < -0.39 is 5.97 Å². The number of hydrogen-bond donors (Lipinski definition) is 1. The van der Waals surface area contributed by atoms with Crippen LogP contribution in [0.4, 0.5) is 0 Å². The second kappa shape index (κ2) is 6.22. The molecule has 0 atom stereocenters. The van der Waals surface area contributed by atoms with Gasteiger partial charge in [0.1, 0.15) is 12.2 Å². The summed E-state index contributed by atoms with van der Waals surface area (Å²) in [5.41, 5.74) is 0. The lowest BCUT2D eigenvalue weighted by atomic mass is 10.4. The Bertz CT molecular complexity index is 337. The standard InChI is InChI=1S/C10H18N4O2/c1-3-5-13(7-10(15)16)6-9-11-8-12-14(9)4-2/h8H,3-7H2,1-2H3,(H,15,16). The highest BCUT2D eigenvalue weighted by Gasteiger charge is 2.12. The molecule has 1 N–H and O–H groups in total. The van der Waals surface area contributed by atoms with E-state index in [0.29, 0.717) is 6.54 Å². The molecule has 6 heteroatoms. The van der Waals surface area contributed by atoms with E-state index in [1.807, 2.05) is 18.7 Å². The highest BCUT2D eigenvalue weighted by molar-refractivity contribution is 5.69. The van der Waals surface area contributed by atoms with Gasteiger partial charge in [0, 0.05) is 6.54 Å². The van der Waals surface area contributed by atoms with Crippen molar-refractivity contribution < 1.29 is 9.90 Å². The molecule has 1 rings (SSSR count). The topological polar surface area (TPSA) is 71.2 Å². The van der Waals surface area contributed by atoms with Crippen molar-refractivity contribution in [3.8, 4) is 0 Å². The molecule has 16 heavy (non-hydrogen) atoms. The summed E-state index contributed by atoms with van der Waals surface area (Å²) in [5, 5.41) is 12.8. The Hall–Kier alpha value is -1.43. The molecule has 1 aromatic heterocycles. The molecule has 0 amide bonds. The largest absolute Gasteiger partial charge is 0.480 e. The maximum absolute atomic E-state index is 10.7. The molecule has 0 aliphatic carbocycles. The molecule has 0 spiro atoms. The highest BCUT2D eigenvalue weighted by Crippen LogP contribution is 2.02. The summed E-state index contributed by atoms with van der Waals surface area (Å²) in [6.45, 7) is 6.10. The molecule has 0 aromatic carbocycles. The summed E-state index contributed by atoms with van der Waals surface area (Å²) in [6.07, 6.45) is 2.43. The summed E-state index contributed by atoms with van der Waals surface area (Å²) in [6, 6.07) is 0. The number of aliphatic carboxylic acids is 1. The number of aromatic nitrogens is 3. The van der Waals surface area contributed by atoms with Gasteiger partial charge in [-0.25, -0.2) is 9.67 Å². The molecule has 1 aromatic rings. The van der Waals surface area contributed by atoms with Crippen molar-refractivity contribution in [3.05, 3.63) is 12.2 Å². The fourth-order valence-corrected chi connectivity index (χ4v) is 1.60. The van der Waals surface area contributed by atoms with Crippen molar-refractivity contribution in [1.29, 1.82) is 0 Å². The SMILES string of the molecule is CCCN(CC(=O)O)Cc1ncnn1CC. The molecule has 0 aliphatic heterocycles. The first-order valence-electron chi connectivity index (χ1n) is 5.48. The molecule has 90 valence electrons. The van der Waals surface area contributed by atoms with Crippen LogP contribution in [0, 0.1) is 0 Å². The number of carbonyl (C=O) groups is 1. The predicted octanol–water partition coefficient (Wildman–Crippen LogP) is 0.595. The minimum Gasteiger partial charge on any atom is -0.480 e. The smallest absolute Gasteiger partial charge is 0.317 e. The summed E-state index contributed by atoms with van der Waals surface area (Å²) in [4.78, 5) is 16.7. The van der Waals surface area contributed by atoms with Crippen LogP contribution in [0.1, 0.15) is 26.1 Å². The van der Waals surface area contributed by atoms with E-state index in [1.165, 1.54) is 6.33 Å². The number of aryl methyl sites for hydroxylation is 1. The van der Waals surface area contributed by atoms with Gasteiger partial charge in [0.2, 0.25) is 0 Å². The fraction of sp³-hybridized carbons (Fsp3) is 0.700. The van der Waals surface area contributed by atoms with Gasteiger partial charge in [-0.2, -0.15) is 5.10 Å². The first kappa shape index (κ1) is 12.6. The number of carboxylic acids is 1. The van der Waals surface area contributed by atoms with Gasteiger partial charge in [-0.1, -0.05) is 6.92 Å². The van der Waals surface area contributed by atoms with E-state index in [2.05, 4.69) is 10.1 Å². The zero-order valence-corrected chi connectivity index (χ0v) is 9.76. The molecule has 6 nitrogen and oxygen atoms in total. The average Bonchev–Trinajstić information content (AvgIpc) is 2.64. The van der Waals surface area contributed by atoms with Crippen LogP contribution >= 0.6 is 0 Å². The molecule has 1 heterocycles. The lowest BCUT2D eigenvalue weighted by molar-refractivity contribution is -0.138. The summed E-state index contributed by atoms with van der Waals surface area (Å²) in [7, 11) is 0. The Morgan fingerprint density at radius 3 is 2.88 bits per heavy atom. The van der Waals surface area contributed by atoms with Gasteiger partial charge in [-0.3, -0.25) is 9.69 Å². The predicted molar refractivity (Wildman–Crippen MR) is 58.9 cm³/mol. The summed E-state index contributed by atoms with van der Waals surface area (Å²) >= 11 is 0. The maximum atomic E-state index is 10.7. The van der Waals surface area contributed by atoms with Crippen LogP contribution in [-0.2, 0) is 17.9 Å². The average molecular weight is 226 g/mol. The zero-order valence-electron chi connectivity index (χ0n) is 9.76. The van der Waals surface area contributed by atoms with E-state index in [-0.39, 0.29) is 6.54 Å². The first-order valence-corrected chi connectivity index (χ1v) is 5.48. The first-order chi connectivity index (χ1) is 7.67. The number of rotatable bonds is 7. The van der Waals surface area contributed by atoms with Crippen molar-refractivity contribution >= 4 is 5.97 Å². The molecule has 0 aliphatic rings. The molecule has 0 saturated carbocycles. The van der Waals surface area contributed by atoms with Crippen molar-refractivity contribution in [3.63, 3.8) is 0 Å². The van der Waals surface area contributed by atoms with E-state index in [1.54, 1.807) is 4.68 Å². The van der Waals surface area contributed by atoms with E-state index in [0.717, 1.165) is 25.3 Å². The van der Waals surface area contributed by atoms with Crippen LogP contribution in [-0.4, -0.2) is 43.8 Å². The summed E-state index contributed by atoms with van der Waals surface area (Å²) in [5.74, 6) is 0.00761.